The van der Waals surface area contributed by atoms with Crippen molar-refractivity contribution in [3.63, 3.8) is 0 Å². The molecular formula is C17H11Cl3N2O3. The van der Waals surface area contributed by atoms with E-state index in [2.05, 4.69) is 9.99 Å². The van der Waals surface area contributed by atoms with Crippen LogP contribution in [0.5, 0.6) is 0 Å². The minimum Gasteiger partial charge on any atom is -0.314 e. The van der Waals surface area contributed by atoms with Crippen LogP contribution in [0.1, 0.15) is 11.1 Å². The van der Waals surface area contributed by atoms with Crippen LogP contribution >= 0.6 is 34.8 Å². The van der Waals surface area contributed by atoms with Crippen LogP contribution < -0.4 is 4.90 Å². The fraction of sp³-hybridized carbons (Fsp3) is 0.118. The summed E-state index contributed by atoms with van der Waals surface area (Å²) in [5.74, 6) is -1.34. The van der Waals surface area contributed by atoms with Gasteiger partial charge in [0, 0.05) is 10.6 Å². The lowest BCUT2D eigenvalue weighted by Crippen LogP contribution is -2.30. The lowest BCUT2D eigenvalue weighted by atomic mass is 10.1. The van der Waals surface area contributed by atoms with Gasteiger partial charge in [0.1, 0.15) is 0 Å². The van der Waals surface area contributed by atoms with Gasteiger partial charge in [-0.05, 0) is 23.8 Å². The van der Waals surface area contributed by atoms with Crippen molar-refractivity contribution in [1.82, 2.24) is 0 Å². The van der Waals surface area contributed by atoms with E-state index in [9.17, 15) is 9.59 Å². The maximum atomic E-state index is 12.7. The van der Waals surface area contributed by atoms with Crippen LogP contribution in [-0.4, -0.2) is 22.4 Å². The van der Waals surface area contributed by atoms with Crippen molar-refractivity contribution in [2.24, 2.45) is 5.16 Å². The molecule has 0 saturated carbocycles. The molecule has 25 heavy (non-hydrogen) atoms. The number of alkyl halides is 2. The lowest BCUT2D eigenvalue weighted by Gasteiger charge is -2.16. The molecule has 8 heteroatoms. The van der Waals surface area contributed by atoms with E-state index in [4.69, 9.17) is 34.8 Å². The van der Waals surface area contributed by atoms with Crippen LogP contribution in [0.15, 0.2) is 53.7 Å². The van der Waals surface area contributed by atoms with E-state index in [-0.39, 0.29) is 5.71 Å². The van der Waals surface area contributed by atoms with Gasteiger partial charge in [-0.2, -0.15) is 0 Å². The Morgan fingerprint density at radius 1 is 1.16 bits per heavy atom. The molecule has 1 aliphatic rings. The van der Waals surface area contributed by atoms with E-state index in [1.54, 1.807) is 36.4 Å². The maximum Gasteiger partial charge on any atom is 0.367 e. The number of carbonyl (C=O) groups is 2. The van der Waals surface area contributed by atoms with Gasteiger partial charge < -0.3 is 9.74 Å². The summed E-state index contributed by atoms with van der Waals surface area (Å²) in [4.78, 5) is 28.9. The highest BCUT2D eigenvalue weighted by atomic mass is 35.5. The molecule has 128 valence electrons. The average molecular weight is 398 g/mol. The fourth-order valence-corrected chi connectivity index (χ4v) is 2.75. The second kappa shape index (κ2) is 7.44. The van der Waals surface area contributed by atoms with E-state index in [1.165, 1.54) is 4.90 Å². The van der Waals surface area contributed by atoms with Crippen molar-refractivity contribution in [2.75, 3.05) is 4.90 Å². The molecule has 0 fully saturated rings. The highest BCUT2D eigenvalue weighted by molar-refractivity contribution is 6.54. The number of benzene rings is 2. The molecule has 1 heterocycles. The Hall–Kier alpha value is -2.08. The molecule has 0 unspecified atom stereocenters. The largest absolute Gasteiger partial charge is 0.367 e. The number of nitrogens with zero attached hydrogens (tertiary/aromatic N) is 2. The number of para-hydroxylation sites is 1. The zero-order chi connectivity index (χ0) is 18.0. The van der Waals surface area contributed by atoms with Crippen LogP contribution in [0.2, 0.25) is 5.02 Å². The molecular weight excluding hydrogens is 387 g/mol. The SMILES string of the molecule is O=C(O/N=C1/C(=O)N(Cc2cccc(Cl)c2)c2ccccc21)C(Cl)Cl. The van der Waals surface area contributed by atoms with Crippen molar-refractivity contribution < 1.29 is 14.4 Å². The van der Waals surface area contributed by atoms with Gasteiger partial charge in [0.15, 0.2) is 5.71 Å². The third-order valence-corrected chi connectivity index (χ3v) is 4.12. The molecule has 2 aromatic carbocycles. The second-order valence-corrected chi connectivity index (χ2v) is 6.72. The summed E-state index contributed by atoms with van der Waals surface area (Å²) in [5.41, 5.74) is 2.09. The number of rotatable bonds is 4. The molecule has 0 saturated heterocycles. The Labute approximate surface area is 158 Å². The molecule has 0 bridgehead atoms. The second-order valence-electron chi connectivity index (χ2n) is 5.19. The number of halogens is 3. The number of amides is 1. The first-order valence-electron chi connectivity index (χ1n) is 7.20. The third kappa shape index (κ3) is 3.79. The van der Waals surface area contributed by atoms with Gasteiger partial charge in [0.05, 0.1) is 12.2 Å². The smallest absolute Gasteiger partial charge is 0.314 e. The minimum absolute atomic E-state index is 0.0139. The van der Waals surface area contributed by atoms with E-state index >= 15 is 0 Å². The number of hydrogen-bond acceptors (Lipinski definition) is 4. The molecule has 3 rings (SSSR count). The molecule has 0 N–H and O–H groups in total. The van der Waals surface area contributed by atoms with Gasteiger partial charge in [0.2, 0.25) is 4.84 Å². The van der Waals surface area contributed by atoms with Crippen molar-refractivity contribution in [3.05, 3.63) is 64.7 Å². The van der Waals surface area contributed by atoms with E-state index < -0.39 is 16.7 Å². The van der Waals surface area contributed by atoms with E-state index in [0.29, 0.717) is 22.8 Å². The molecule has 1 aliphatic heterocycles. The summed E-state index contributed by atoms with van der Waals surface area (Å²) in [6, 6.07) is 14.3. The Kier molecular flexibility index (Phi) is 5.27. The van der Waals surface area contributed by atoms with Crippen molar-refractivity contribution in [1.29, 1.82) is 0 Å². The van der Waals surface area contributed by atoms with E-state index in [0.717, 1.165) is 5.56 Å². The van der Waals surface area contributed by atoms with Gasteiger partial charge in [0.25, 0.3) is 5.91 Å². The van der Waals surface area contributed by atoms with Crippen LogP contribution in [0.25, 0.3) is 0 Å². The number of hydrogen-bond donors (Lipinski definition) is 0. The first kappa shape index (κ1) is 17.7. The third-order valence-electron chi connectivity index (χ3n) is 3.53. The predicted octanol–water partition coefficient (Wildman–Crippen LogP) is 3.94. The Morgan fingerprint density at radius 3 is 2.64 bits per heavy atom. The number of carbonyl (C=O) groups excluding carboxylic acids is 2. The Morgan fingerprint density at radius 2 is 1.92 bits per heavy atom. The topological polar surface area (TPSA) is 59.0 Å². The predicted molar refractivity (Wildman–Crippen MR) is 97.2 cm³/mol. The van der Waals surface area contributed by atoms with Gasteiger partial charge in [-0.25, -0.2) is 4.79 Å². The summed E-state index contributed by atoms with van der Waals surface area (Å²) in [5, 5.41) is 4.24. The summed E-state index contributed by atoms with van der Waals surface area (Å²) in [7, 11) is 0. The molecule has 0 aliphatic carbocycles. The average Bonchev–Trinajstić information content (AvgIpc) is 2.85. The molecule has 2 aromatic rings. The standard InChI is InChI=1S/C17H11Cl3N2O3/c18-11-5-3-4-10(8-11)9-22-13-7-2-1-6-12(13)14(16(22)23)21-25-17(24)15(19)20/h1-8,15H,9H2/b21-14+. The van der Waals surface area contributed by atoms with Crippen LogP contribution in [0, 0.1) is 0 Å². The highest BCUT2D eigenvalue weighted by Crippen LogP contribution is 2.31. The fourth-order valence-electron chi connectivity index (χ4n) is 2.46. The quantitative estimate of drug-likeness (QED) is 0.446. The molecule has 0 spiro atoms. The summed E-state index contributed by atoms with van der Waals surface area (Å²) in [6.45, 7) is 0.303. The molecule has 1 amide bonds. The zero-order valence-electron chi connectivity index (χ0n) is 12.7. The minimum atomic E-state index is -1.38. The van der Waals surface area contributed by atoms with Crippen LogP contribution in [0.3, 0.4) is 0 Å². The van der Waals surface area contributed by atoms with Crippen LogP contribution in [0.4, 0.5) is 5.69 Å². The Balaban J connectivity index is 1.92. The number of fused-ring (bicyclic) bond motifs is 1. The first-order valence-corrected chi connectivity index (χ1v) is 8.45. The number of anilines is 1. The summed E-state index contributed by atoms with van der Waals surface area (Å²) in [6.07, 6.45) is 0. The van der Waals surface area contributed by atoms with Gasteiger partial charge in [-0.1, -0.05) is 70.3 Å². The van der Waals surface area contributed by atoms with Gasteiger partial charge in [-0.3, -0.25) is 4.79 Å². The lowest BCUT2D eigenvalue weighted by molar-refractivity contribution is -0.141. The van der Waals surface area contributed by atoms with Crippen LogP contribution in [-0.2, 0) is 21.0 Å². The highest BCUT2D eigenvalue weighted by Gasteiger charge is 2.34. The Bertz CT molecular complexity index is 868. The van der Waals surface area contributed by atoms with Gasteiger partial charge in [-0.15, -0.1) is 0 Å². The molecule has 0 radical (unpaired) electrons. The monoisotopic (exact) mass is 396 g/mol. The maximum absolute atomic E-state index is 12.7. The van der Waals surface area contributed by atoms with Gasteiger partial charge >= 0.3 is 5.97 Å². The zero-order valence-corrected chi connectivity index (χ0v) is 14.9. The first-order chi connectivity index (χ1) is 12.0. The van der Waals surface area contributed by atoms with Crippen molar-refractivity contribution in [2.45, 2.75) is 11.4 Å². The summed E-state index contributed by atoms with van der Waals surface area (Å²) >= 11 is 16.8. The van der Waals surface area contributed by atoms with E-state index in [1.807, 2.05) is 12.1 Å². The van der Waals surface area contributed by atoms with Crippen molar-refractivity contribution in [3.8, 4) is 0 Å². The number of oxime groups is 1. The molecule has 0 atom stereocenters. The normalized spacial score (nSPS) is 15.0. The molecule has 0 aromatic heterocycles. The summed E-state index contributed by atoms with van der Waals surface area (Å²) < 4.78 is 0. The molecule has 5 nitrogen and oxygen atoms in total. The van der Waals surface area contributed by atoms with Crippen molar-refractivity contribution >= 4 is 58.1 Å².